The molecule has 3 rings (SSSR count). The lowest BCUT2D eigenvalue weighted by atomic mass is 10.1. The van der Waals surface area contributed by atoms with Gasteiger partial charge >= 0.3 is 0 Å². The molecular weight excluding hydrogens is 280 g/mol. The normalized spacial score (nSPS) is 16.5. The average Bonchev–Trinajstić information content (AvgIpc) is 3.03. The molecule has 3 N–H and O–H groups in total. The predicted molar refractivity (Wildman–Crippen MR) is 87.3 cm³/mol. The molecule has 0 saturated heterocycles. The third kappa shape index (κ3) is 3.05. The maximum Gasteiger partial charge on any atom is 0.0970 e. The lowest BCUT2D eigenvalue weighted by Crippen LogP contribution is -2.30. The Balaban J connectivity index is 1.91. The molecule has 0 saturated carbocycles. The summed E-state index contributed by atoms with van der Waals surface area (Å²) in [5.41, 5.74) is 5.69. The van der Waals surface area contributed by atoms with Gasteiger partial charge in [-0.3, -0.25) is 10.5 Å². The fourth-order valence-corrected chi connectivity index (χ4v) is 4.46. The molecule has 2 heterocycles. The zero-order chi connectivity index (χ0) is 14.7. The molecule has 4 nitrogen and oxygen atoms in total. The highest BCUT2D eigenvalue weighted by Crippen LogP contribution is 2.34. The molecule has 1 atom stereocenters. The van der Waals surface area contributed by atoms with E-state index < -0.39 is 0 Å². The minimum Gasteiger partial charge on any atom is -0.270 e. The summed E-state index contributed by atoms with van der Waals surface area (Å²) in [7, 11) is 0. The second-order valence-electron chi connectivity index (χ2n) is 5.74. The summed E-state index contributed by atoms with van der Waals surface area (Å²) in [5.74, 6) is 5.87. The molecule has 21 heavy (non-hydrogen) atoms. The first-order valence-corrected chi connectivity index (χ1v) is 8.74. The van der Waals surface area contributed by atoms with Gasteiger partial charge in [-0.05, 0) is 49.8 Å². The molecule has 114 valence electrons. The Bertz CT molecular complexity index is 563. The van der Waals surface area contributed by atoms with E-state index in [-0.39, 0.29) is 6.04 Å². The first-order valence-electron chi connectivity index (χ1n) is 7.92. The number of nitrogens with two attached hydrogens (primary N) is 1. The Kier molecular flexibility index (Phi) is 4.73. The number of nitrogens with zero attached hydrogens (tertiary/aromatic N) is 2. The highest BCUT2D eigenvalue weighted by atomic mass is 32.1. The number of hydrogen-bond donors (Lipinski definition) is 2. The number of hydrazine groups is 1. The van der Waals surface area contributed by atoms with Crippen LogP contribution in [0.1, 0.15) is 59.7 Å². The third-order valence-electron chi connectivity index (χ3n) is 4.20. The molecule has 1 unspecified atom stereocenters. The molecule has 0 spiro atoms. The van der Waals surface area contributed by atoms with Crippen LogP contribution in [0.2, 0.25) is 0 Å². The minimum absolute atomic E-state index is 0.0518. The summed E-state index contributed by atoms with van der Waals surface area (Å²) in [6, 6.07) is 4.49. The molecule has 2 aromatic rings. The number of hydrogen-bond acceptors (Lipinski definition) is 4. The summed E-state index contributed by atoms with van der Waals surface area (Å²) < 4.78 is 2.06. The van der Waals surface area contributed by atoms with E-state index in [1.54, 1.807) is 4.88 Å². The van der Waals surface area contributed by atoms with Crippen LogP contribution < -0.4 is 11.3 Å². The average molecular weight is 304 g/mol. The first kappa shape index (κ1) is 14.8. The fourth-order valence-electron chi connectivity index (χ4n) is 3.13. The molecule has 0 aliphatic heterocycles. The molecule has 0 fully saturated rings. The number of aryl methyl sites for hydroxylation is 3. The van der Waals surface area contributed by atoms with Crippen molar-refractivity contribution in [1.29, 1.82) is 0 Å². The van der Waals surface area contributed by atoms with E-state index in [9.17, 15) is 0 Å². The highest BCUT2D eigenvalue weighted by Gasteiger charge is 2.21. The predicted octanol–water partition coefficient (Wildman–Crippen LogP) is 3.18. The van der Waals surface area contributed by atoms with Gasteiger partial charge in [0.2, 0.25) is 0 Å². The highest BCUT2D eigenvalue weighted by molar-refractivity contribution is 7.12. The molecule has 0 amide bonds. The Morgan fingerprint density at radius 1 is 1.38 bits per heavy atom. The number of nitrogens with one attached hydrogen (secondary N) is 1. The zero-order valence-electron chi connectivity index (χ0n) is 12.6. The van der Waals surface area contributed by atoms with Crippen molar-refractivity contribution in [3.63, 3.8) is 0 Å². The SMILES string of the molecule is CCCn1nccc1C(NN)c1cc2c(s1)CCCCC2. The Morgan fingerprint density at radius 3 is 3.05 bits per heavy atom. The quantitative estimate of drug-likeness (QED) is 0.507. The Labute approximate surface area is 130 Å². The standard InChI is InChI=1S/C16H24N4S/c1-2-10-20-13(8-9-18-20)16(19-17)15-11-12-6-4-3-5-7-14(12)21-15/h8-9,11,16,19H,2-7,10,17H2,1H3. The van der Waals surface area contributed by atoms with Crippen molar-refractivity contribution in [3.8, 4) is 0 Å². The first-order chi connectivity index (χ1) is 10.3. The van der Waals surface area contributed by atoms with Crippen LogP contribution in [-0.4, -0.2) is 9.78 Å². The third-order valence-corrected chi connectivity index (χ3v) is 5.50. The number of thiophene rings is 1. The van der Waals surface area contributed by atoms with Crippen molar-refractivity contribution in [2.24, 2.45) is 5.84 Å². The number of rotatable bonds is 5. The van der Waals surface area contributed by atoms with Gasteiger partial charge in [0.25, 0.3) is 0 Å². The summed E-state index contributed by atoms with van der Waals surface area (Å²) in [5, 5.41) is 4.42. The molecule has 0 bridgehead atoms. The van der Waals surface area contributed by atoms with E-state index in [2.05, 4.69) is 34.3 Å². The fraction of sp³-hybridized carbons (Fsp3) is 0.562. The Hall–Kier alpha value is -1.17. The van der Waals surface area contributed by atoms with Crippen LogP contribution in [0.25, 0.3) is 0 Å². The van der Waals surface area contributed by atoms with Crippen LogP contribution in [0.15, 0.2) is 18.3 Å². The summed E-state index contributed by atoms with van der Waals surface area (Å²) in [4.78, 5) is 2.88. The van der Waals surface area contributed by atoms with E-state index in [1.165, 1.54) is 42.5 Å². The largest absolute Gasteiger partial charge is 0.270 e. The van der Waals surface area contributed by atoms with Crippen LogP contribution in [0.3, 0.4) is 0 Å². The van der Waals surface area contributed by atoms with Gasteiger partial charge in [0.1, 0.15) is 0 Å². The van der Waals surface area contributed by atoms with Crippen LogP contribution >= 0.6 is 11.3 Å². The minimum atomic E-state index is 0.0518. The van der Waals surface area contributed by atoms with Gasteiger partial charge in [-0.25, -0.2) is 5.43 Å². The van der Waals surface area contributed by atoms with Crippen molar-refractivity contribution in [2.45, 2.75) is 58.0 Å². The monoisotopic (exact) mass is 304 g/mol. The lowest BCUT2D eigenvalue weighted by molar-refractivity contribution is 0.524. The van der Waals surface area contributed by atoms with Gasteiger partial charge in [-0.15, -0.1) is 11.3 Å². The van der Waals surface area contributed by atoms with Crippen molar-refractivity contribution >= 4 is 11.3 Å². The molecule has 2 aromatic heterocycles. The van der Waals surface area contributed by atoms with Crippen LogP contribution in [-0.2, 0) is 19.4 Å². The van der Waals surface area contributed by atoms with E-state index in [0.29, 0.717) is 0 Å². The van der Waals surface area contributed by atoms with Crippen molar-refractivity contribution in [2.75, 3.05) is 0 Å². The lowest BCUT2D eigenvalue weighted by Gasteiger charge is -2.16. The molecule has 0 radical (unpaired) electrons. The second kappa shape index (κ2) is 6.73. The van der Waals surface area contributed by atoms with E-state index >= 15 is 0 Å². The van der Waals surface area contributed by atoms with E-state index in [4.69, 9.17) is 5.84 Å². The van der Waals surface area contributed by atoms with Gasteiger partial charge in [-0.1, -0.05) is 13.3 Å². The van der Waals surface area contributed by atoms with Gasteiger partial charge in [0.05, 0.1) is 11.7 Å². The molecular formula is C16H24N4S. The Morgan fingerprint density at radius 2 is 2.24 bits per heavy atom. The van der Waals surface area contributed by atoms with E-state index in [1.807, 2.05) is 17.5 Å². The van der Waals surface area contributed by atoms with Crippen molar-refractivity contribution in [3.05, 3.63) is 39.3 Å². The van der Waals surface area contributed by atoms with Gasteiger partial charge < -0.3 is 0 Å². The van der Waals surface area contributed by atoms with Crippen molar-refractivity contribution in [1.82, 2.24) is 15.2 Å². The van der Waals surface area contributed by atoms with Gasteiger partial charge in [0, 0.05) is 22.5 Å². The maximum absolute atomic E-state index is 5.87. The number of fused-ring (bicyclic) bond motifs is 1. The topological polar surface area (TPSA) is 55.9 Å². The summed E-state index contributed by atoms with van der Waals surface area (Å²) in [6.07, 6.45) is 9.39. The number of aromatic nitrogens is 2. The molecule has 0 aromatic carbocycles. The second-order valence-corrected chi connectivity index (χ2v) is 6.91. The van der Waals surface area contributed by atoms with Gasteiger partial charge in [0.15, 0.2) is 0 Å². The maximum atomic E-state index is 5.87. The molecule has 1 aliphatic carbocycles. The van der Waals surface area contributed by atoms with Crippen molar-refractivity contribution < 1.29 is 0 Å². The van der Waals surface area contributed by atoms with Crippen LogP contribution in [0, 0.1) is 0 Å². The smallest absolute Gasteiger partial charge is 0.0970 e. The van der Waals surface area contributed by atoms with Crippen LogP contribution in [0.4, 0.5) is 0 Å². The summed E-state index contributed by atoms with van der Waals surface area (Å²) in [6.45, 7) is 3.11. The van der Waals surface area contributed by atoms with Gasteiger partial charge in [-0.2, -0.15) is 5.10 Å². The summed E-state index contributed by atoms with van der Waals surface area (Å²) >= 11 is 1.92. The van der Waals surface area contributed by atoms with Crippen LogP contribution in [0.5, 0.6) is 0 Å². The molecule has 1 aliphatic rings. The zero-order valence-corrected chi connectivity index (χ0v) is 13.5. The molecule has 5 heteroatoms. The van der Waals surface area contributed by atoms with E-state index in [0.717, 1.165) is 18.7 Å².